The van der Waals surface area contributed by atoms with Gasteiger partial charge in [-0.1, -0.05) is 19.1 Å². The van der Waals surface area contributed by atoms with E-state index in [1.54, 1.807) is 12.1 Å². The number of halogens is 1. The maximum atomic E-state index is 13.0. The van der Waals surface area contributed by atoms with Crippen LogP contribution in [0.5, 0.6) is 0 Å². The lowest BCUT2D eigenvalue weighted by Gasteiger charge is -2.34. The molecule has 1 saturated heterocycles. The number of hydrogen-bond acceptors (Lipinski definition) is 2. The van der Waals surface area contributed by atoms with E-state index in [2.05, 4.69) is 11.8 Å². The highest BCUT2D eigenvalue weighted by Gasteiger charge is 2.23. The van der Waals surface area contributed by atoms with Gasteiger partial charge >= 0.3 is 0 Å². The van der Waals surface area contributed by atoms with E-state index in [4.69, 9.17) is 0 Å². The highest BCUT2D eigenvalue weighted by molar-refractivity contribution is 5.16. The summed E-state index contributed by atoms with van der Waals surface area (Å²) in [7, 11) is 0. The van der Waals surface area contributed by atoms with E-state index in [0.717, 1.165) is 31.6 Å². The van der Waals surface area contributed by atoms with E-state index >= 15 is 0 Å². The first kappa shape index (κ1) is 11.6. The zero-order valence-electron chi connectivity index (χ0n) is 9.56. The van der Waals surface area contributed by atoms with E-state index in [1.165, 1.54) is 6.07 Å². The minimum Gasteiger partial charge on any atom is -0.393 e. The lowest BCUT2D eigenvalue weighted by Crippen LogP contribution is -2.41. The fourth-order valence-corrected chi connectivity index (χ4v) is 2.26. The summed E-state index contributed by atoms with van der Waals surface area (Å²) in [4.78, 5) is 2.27. The molecule has 0 aliphatic carbocycles. The van der Waals surface area contributed by atoms with Crippen molar-refractivity contribution in [2.75, 3.05) is 13.1 Å². The van der Waals surface area contributed by atoms with Crippen molar-refractivity contribution in [1.82, 2.24) is 4.90 Å². The summed E-state index contributed by atoms with van der Waals surface area (Å²) in [5, 5.41) is 9.62. The fourth-order valence-electron chi connectivity index (χ4n) is 2.26. The van der Waals surface area contributed by atoms with Crippen molar-refractivity contribution in [1.29, 1.82) is 0 Å². The Hall–Kier alpha value is -0.930. The van der Waals surface area contributed by atoms with E-state index in [1.807, 2.05) is 6.07 Å². The van der Waals surface area contributed by atoms with Crippen LogP contribution in [0.25, 0.3) is 0 Å². The van der Waals surface area contributed by atoms with Crippen LogP contribution in [0.15, 0.2) is 24.3 Å². The van der Waals surface area contributed by atoms with Crippen LogP contribution in [-0.2, 0) is 6.54 Å². The molecule has 0 aromatic heterocycles. The van der Waals surface area contributed by atoms with Crippen LogP contribution < -0.4 is 0 Å². The first-order valence-corrected chi connectivity index (χ1v) is 5.80. The standard InChI is InChI=1S/C13H18FNO/c1-10-8-15(6-5-13(10)16)9-11-3-2-4-12(14)7-11/h2-4,7,10,13,16H,5-6,8-9H2,1H3. The number of piperidine rings is 1. The molecule has 88 valence electrons. The molecule has 2 unspecified atom stereocenters. The van der Waals surface area contributed by atoms with Gasteiger partial charge in [0.1, 0.15) is 5.82 Å². The average molecular weight is 223 g/mol. The molecule has 16 heavy (non-hydrogen) atoms. The quantitative estimate of drug-likeness (QED) is 0.829. The second-order valence-electron chi connectivity index (χ2n) is 4.70. The molecule has 2 nitrogen and oxygen atoms in total. The number of nitrogens with zero attached hydrogens (tertiary/aromatic N) is 1. The van der Waals surface area contributed by atoms with Gasteiger partial charge in [0.05, 0.1) is 6.10 Å². The number of benzene rings is 1. The normalized spacial score (nSPS) is 26.9. The van der Waals surface area contributed by atoms with Gasteiger partial charge in [0.25, 0.3) is 0 Å². The Kier molecular flexibility index (Phi) is 3.56. The third-order valence-electron chi connectivity index (χ3n) is 3.24. The molecule has 1 N–H and O–H groups in total. The van der Waals surface area contributed by atoms with Crippen molar-refractivity contribution in [3.63, 3.8) is 0 Å². The molecular formula is C13H18FNO. The van der Waals surface area contributed by atoms with Crippen LogP contribution in [0.4, 0.5) is 4.39 Å². The Labute approximate surface area is 95.7 Å². The van der Waals surface area contributed by atoms with Gasteiger partial charge in [-0.25, -0.2) is 4.39 Å². The first-order valence-electron chi connectivity index (χ1n) is 5.80. The van der Waals surface area contributed by atoms with Crippen LogP contribution in [-0.4, -0.2) is 29.2 Å². The molecule has 0 amide bonds. The number of rotatable bonds is 2. The zero-order valence-corrected chi connectivity index (χ0v) is 9.56. The summed E-state index contributed by atoms with van der Waals surface area (Å²) < 4.78 is 13.0. The Morgan fingerprint density at radius 3 is 3.00 bits per heavy atom. The Bertz CT molecular complexity index is 356. The highest BCUT2D eigenvalue weighted by Crippen LogP contribution is 2.18. The molecule has 1 aromatic carbocycles. The second-order valence-corrected chi connectivity index (χ2v) is 4.70. The topological polar surface area (TPSA) is 23.5 Å². The molecule has 2 rings (SSSR count). The van der Waals surface area contributed by atoms with Gasteiger partial charge in [-0.3, -0.25) is 4.90 Å². The first-order chi connectivity index (χ1) is 7.65. The van der Waals surface area contributed by atoms with Crippen molar-refractivity contribution in [3.8, 4) is 0 Å². The van der Waals surface area contributed by atoms with Crippen molar-refractivity contribution in [2.24, 2.45) is 5.92 Å². The Morgan fingerprint density at radius 2 is 2.31 bits per heavy atom. The fraction of sp³-hybridized carbons (Fsp3) is 0.538. The van der Waals surface area contributed by atoms with Gasteiger partial charge in [-0.05, 0) is 30.0 Å². The molecule has 1 aliphatic rings. The monoisotopic (exact) mass is 223 g/mol. The molecule has 0 radical (unpaired) electrons. The summed E-state index contributed by atoms with van der Waals surface area (Å²) in [6.07, 6.45) is 0.639. The lowest BCUT2D eigenvalue weighted by molar-refractivity contribution is 0.0320. The van der Waals surface area contributed by atoms with Crippen LogP contribution in [0.1, 0.15) is 18.9 Å². The maximum absolute atomic E-state index is 13.0. The van der Waals surface area contributed by atoms with Gasteiger partial charge < -0.3 is 5.11 Å². The number of aliphatic hydroxyl groups excluding tert-OH is 1. The van der Waals surface area contributed by atoms with Gasteiger partial charge in [-0.15, -0.1) is 0 Å². The molecule has 2 atom stereocenters. The van der Waals surface area contributed by atoms with Gasteiger partial charge in [0.15, 0.2) is 0 Å². The largest absolute Gasteiger partial charge is 0.393 e. The van der Waals surface area contributed by atoms with E-state index in [-0.39, 0.29) is 11.9 Å². The van der Waals surface area contributed by atoms with E-state index in [0.29, 0.717) is 5.92 Å². The van der Waals surface area contributed by atoms with Crippen LogP contribution in [0.2, 0.25) is 0 Å². The van der Waals surface area contributed by atoms with Crippen LogP contribution in [0, 0.1) is 11.7 Å². The number of likely N-dealkylation sites (tertiary alicyclic amines) is 1. The summed E-state index contributed by atoms with van der Waals surface area (Å²) in [5.74, 6) is 0.130. The van der Waals surface area contributed by atoms with Crippen molar-refractivity contribution >= 4 is 0 Å². The highest BCUT2D eigenvalue weighted by atomic mass is 19.1. The minimum absolute atomic E-state index is 0.177. The third kappa shape index (κ3) is 2.80. The molecule has 1 heterocycles. The Morgan fingerprint density at radius 1 is 1.50 bits per heavy atom. The lowest BCUT2D eigenvalue weighted by atomic mass is 9.96. The molecule has 0 saturated carbocycles. The number of hydrogen-bond donors (Lipinski definition) is 1. The molecule has 3 heteroatoms. The predicted octanol–water partition coefficient (Wildman–Crippen LogP) is 2.03. The smallest absolute Gasteiger partial charge is 0.123 e. The number of aliphatic hydroxyl groups is 1. The molecule has 0 bridgehead atoms. The summed E-state index contributed by atoms with van der Waals surface area (Å²) in [5.41, 5.74) is 1.00. The summed E-state index contributed by atoms with van der Waals surface area (Å²) in [6.45, 7) is 4.61. The SMILES string of the molecule is CC1CN(Cc2cccc(F)c2)CCC1O. The predicted molar refractivity (Wildman–Crippen MR) is 61.5 cm³/mol. The van der Waals surface area contributed by atoms with Crippen LogP contribution >= 0.6 is 0 Å². The molecular weight excluding hydrogens is 205 g/mol. The average Bonchev–Trinajstić information content (AvgIpc) is 2.24. The molecule has 1 aliphatic heterocycles. The molecule has 0 spiro atoms. The van der Waals surface area contributed by atoms with Crippen LogP contribution in [0.3, 0.4) is 0 Å². The van der Waals surface area contributed by atoms with Crippen molar-refractivity contribution in [3.05, 3.63) is 35.6 Å². The van der Waals surface area contributed by atoms with E-state index in [9.17, 15) is 9.50 Å². The Balaban J connectivity index is 1.95. The van der Waals surface area contributed by atoms with E-state index < -0.39 is 0 Å². The molecule has 1 fully saturated rings. The molecule has 1 aromatic rings. The van der Waals surface area contributed by atoms with Gasteiger partial charge in [0, 0.05) is 19.6 Å². The van der Waals surface area contributed by atoms with Crippen molar-refractivity contribution in [2.45, 2.75) is 26.0 Å². The zero-order chi connectivity index (χ0) is 11.5. The summed E-state index contributed by atoms with van der Waals surface area (Å²) >= 11 is 0. The second kappa shape index (κ2) is 4.93. The minimum atomic E-state index is -0.178. The summed E-state index contributed by atoms with van der Waals surface area (Å²) in [6, 6.07) is 6.73. The van der Waals surface area contributed by atoms with Crippen molar-refractivity contribution < 1.29 is 9.50 Å². The maximum Gasteiger partial charge on any atom is 0.123 e. The van der Waals surface area contributed by atoms with Gasteiger partial charge in [0.2, 0.25) is 0 Å². The van der Waals surface area contributed by atoms with Gasteiger partial charge in [-0.2, -0.15) is 0 Å². The third-order valence-corrected chi connectivity index (χ3v) is 3.24.